The van der Waals surface area contributed by atoms with Gasteiger partial charge in [0.25, 0.3) is 0 Å². The molecule has 26 heavy (non-hydrogen) atoms. The second-order valence-corrected chi connectivity index (χ2v) is 8.24. The molecule has 0 atom stereocenters. The van der Waals surface area contributed by atoms with E-state index in [0.29, 0.717) is 5.41 Å². The van der Waals surface area contributed by atoms with E-state index in [2.05, 4.69) is 25.8 Å². The third kappa shape index (κ3) is 7.14. The number of rotatable bonds is 12. The average molecular weight is 378 g/mol. The Kier molecular flexibility index (Phi) is 10.0. The standard InChI is InChI=1S/C22H35NO2S/c1-6-9-12-22(7-2,8-3)13-10-11-19-14-21(25)23-15-20(19)26-16-17(4)18(5)24/h14-16H,6-13H2,1-5H3,(H,23,25)/b17-16+. The molecule has 146 valence electrons. The lowest BCUT2D eigenvalue weighted by Crippen LogP contribution is -2.19. The molecule has 1 aromatic rings. The van der Waals surface area contributed by atoms with E-state index in [9.17, 15) is 9.59 Å². The molecule has 0 aliphatic carbocycles. The van der Waals surface area contributed by atoms with Crippen molar-refractivity contribution < 1.29 is 4.79 Å². The Hall–Kier alpha value is -1.29. The molecule has 4 heteroatoms. The summed E-state index contributed by atoms with van der Waals surface area (Å²) in [6.45, 7) is 10.3. The summed E-state index contributed by atoms with van der Waals surface area (Å²) >= 11 is 1.52. The predicted octanol–water partition coefficient (Wildman–Crippen LogP) is 6.28. The van der Waals surface area contributed by atoms with Gasteiger partial charge in [0.05, 0.1) is 0 Å². The van der Waals surface area contributed by atoms with Crippen molar-refractivity contribution in [2.75, 3.05) is 0 Å². The summed E-state index contributed by atoms with van der Waals surface area (Å²) in [7, 11) is 0. The Balaban J connectivity index is 2.82. The number of hydrogen-bond donors (Lipinski definition) is 1. The number of aromatic nitrogens is 1. The SMILES string of the molecule is CCCCC(CC)(CC)CCCc1cc(=O)[nH]cc1S/C=C(\C)C(C)=O. The molecule has 1 heterocycles. The van der Waals surface area contributed by atoms with Gasteiger partial charge in [-0.05, 0) is 61.5 Å². The van der Waals surface area contributed by atoms with Gasteiger partial charge in [0.1, 0.15) is 0 Å². The van der Waals surface area contributed by atoms with Gasteiger partial charge in [-0.25, -0.2) is 0 Å². The van der Waals surface area contributed by atoms with Crippen LogP contribution in [0.1, 0.15) is 85.1 Å². The van der Waals surface area contributed by atoms with E-state index in [-0.39, 0.29) is 11.3 Å². The van der Waals surface area contributed by atoms with Crippen LogP contribution in [0, 0.1) is 5.41 Å². The third-order valence-corrected chi connectivity index (χ3v) is 6.70. The van der Waals surface area contributed by atoms with Crippen LogP contribution in [0.15, 0.2) is 32.9 Å². The highest BCUT2D eigenvalue weighted by Gasteiger charge is 2.24. The number of aromatic amines is 1. The number of Topliss-reactive ketones (excluding diaryl/α,β-unsaturated/α-hetero) is 1. The van der Waals surface area contributed by atoms with Crippen LogP contribution in [0.4, 0.5) is 0 Å². The van der Waals surface area contributed by atoms with Gasteiger partial charge in [-0.2, -0.15) is 0 Å². The first-order chi connectivity index (χ1) is 12.4. The van der Waals surface area contributed by atoms with Crippen molar-refractivity contribution >= 4 is 17.5 Å². The quantitative estimate of drug-likeness (QED) is 0.344. The minimum Gasteiger partial charge on any atom is -0.328 e. The molecule has 0 amide bonds. The number of pyridine rings is 1. The van der Waals surface area contributed by atoms with Crippen LogP contribution < -0.4 is 5.56 Å². The van der Waals surface area contributed by atoms with Crippen LogP contribution in [0.5, 0.6) is 0 Å². The molecule has 0 spiro atoms. The smallest absolute Gasteiger partial charge is 0.248 e. The molecular weight excluding hydrogens is 342 g/mol. The summed E-state index contributed by atoms with van der Waals surface area (Å²) in [5.41, 5.74) is 2.21. The average Bonchev–Trinajstić information content (AvgIpc) is 2.63. The fourth-order valence-corrected chi connectivity index (χ4v) is 4.24. The van der Waals surface area contributed by atoms with Gasteiger partial charge in [-0.15, -0.1) is 0 Å². The zero-order valence-electron chi connectivity index (χ0n) is 17.1. The van der Waals surface area contributed by atoms with Crippen LogP contribution in [-0.4, -0.2) is 10.8 Å². The summed E-state index contributed by atoms with van der Waals surface area (Å²) in [6, 6.07) is 1.71. The third-order valence-electron chi connectivity index (χ3n) is 5.60. The molecule has 1 N–H and O–H groups in total. The summed E-state index contributed by atoms with van der Waals surface area (Å²) in [5.74, 6) is 0.0788. The van der Waals surface area contributed by atoms with Crippen molar-refractivity contribution in [2.45, 2.75) is 90.9 Å². The number of H-pyrrole nitrogens is 1. The molecule has 1 aromatic heterocycles. The highest BCUT2D eigenvalue weighted by molar-refractivity contribution is 8.02. The molecule has 0 saturated heterocycles. The van der Waals surface area contributed by atoms with E-state index in [4.69, 9.17) is 0 Å². The first kappa shape index (κ1) is 22.8. The molecule has 0 aromatic carbocycles. The van der Waals surface area contributed by atoms with Gasteiger partial charge in [0.15, 0.2) is 5.78 Å². The Labute approximate surface area is 163 Å². The fourth-order valence-electron chi connectivity index (χ4n) is 3.33. The number of aryl methyl sites for hydroxylation is 1. The largest absolute Gasteiger partial charge is 0.328 e. The molecule has 1 rings (SSSR count). The van der Waals surface area contributed by atoms with E-state index >= 15 is 0 Å². The van der Waals surface area contributed by atoms with Gasteiger partial charge in [0, 0.05) is 17.2 Å². The van der Waals surface area contributed by atoms with E-state index in [1.807, 2.05) is 12.3 Å². The number of carbonyl (C=O) groups excluding carboxylic acids is 1. The normalized spacial score (nSPS) is 12.4. The van der Waals surface area contributed by atoms with Gasteiger partial charge in [0.2, 0.25) is 5.56 Å². The highest BCUT2D eigenvalue weighted by Crippen LogP contribution is 2.38. The Morgan fingerprint density at radius 1 is 1.15 bits per heavy atom. The lowest BCUT2D eigenvalue weighted by Gasteiger charge is -2.32. The maximum absolute atomic E-state index is 11.8. The number of unbranched alkanes of at least 4 members (excludes halogenated alkanes) is 1. The summed E-state index contributed by atoms with van der Waals surface area (Å²) < 4.78 is 0. The number of nitrogens with one attached hydrogen (secondary N) is 1. The van der Waals surface area contributed by atoms with Crippen molar-refractivity contribution in [2.24, 2.45) is 5.41 Å². The van der Waals surface area contributed by atoms with E-state index < -0.39 is 0 Å². The second-order valence-electron chi connectivity index (χ2n) is 7.33. The minimum atomic E-state index is -0.0557. The molecule has 0 aliphatic heterocycles. The summed E-state index contributed by atoms with van der Waals surface area (Å²) in [5, 5.41) is 1.88. The molecule has 0 fully saturated rings. The molecule has 3 nitrogen and oxygen atoms in total. The van der Waals surface area contributed by atoms with Gasteiger partial charge in [-0.1, -0.05) is 58.2 Å². The summed E-state index contributed by atoms with van der Waals surface area (Å²) in [6.07, 6.45) is 11.3. The lowest BCUT2D eigenvalue weighted by atomic mass is 9.74. The topological polar surface area (TPSA) is 49.9 Å². The Morgan fingerprint density at radius 3 is 2.38 bits per heavy atom. The molecule has 0 bridgehead atoms. The van der Waals surface area contributed by atoms with Crippen LogP contribution in [0.25, 0.3) is 0 Å². The Bertz CT molecular complexity index is 656. The number of carbonyl (C=O) groups is 1. The number of hydrogen-bond acceptors (Lipinski definition) is 3. The van der Waals surface area contributed by atoms with Gasteiger partial charge in [-0.3, -0.25) is 9.59 Å². The second kappa shape index (κ2) is 11.4. The Morgan fingerprint density at radius 2 is 1.81 bits per heavy atom. The zero-order valence-corrected chi connectivity index (χ0v) is 17.9. The maximum Gasteiger partial charge on any atom is 0.248 e. The predicted molar refractivity (Wildman–Crippen MR) is 113 cm³/mol. The monoisotopic (exact) mass is 377 g/mol. The molecular formula is C22H35NO2S. The van der Waals surface area contributed by atoms with Crippen LogP contribution in [-0.2, 0) is 11.2 Å². The maximum atomic E-state index is 11.8. The van der Waals surface area contributed by atoms with Crippen molar-refractivity contribution in [3.8, 4) is 0 Å². The van der Waals surface area contributed by atoms with Gasteiger partial charge >= 0.3 is 0 Å². The van der Waals surface area contributed by atoms with E-state index in [0.717, 1.165) is 28.9 Å². The van der Waals surface area contributed by atoms with Crippen LogP contribution in [0.3, 0.4) is 0 Å². The van der Waals surface area contributed by atoms with Crippen LogP contribution >= 0.6 is 11.8 Å². The fraction of sp³-hybridized carbons (Fsp3) is 0.636. The van der Waals surface area contributed by atoms with Crippen molar-refractivity contribution in [3.05, 3.63) is 39.2 Å². The minimum absolute atomic E-state index is 0.0557. The first-order valence-corrected chi connectivity index (χ1v) is 10.8. The number of allylic oxidation sites excluding steroid dienone is 1. The molecule has 0 radical (unpaired) electrons. The lowest BCUT2D eigenvalue weighted by molar-refractivity contribution is -0.113. The van der Waals surface area contributed by atoms with E-state index in [1.165, 1.54) is 50.3 Å². The van der Waals surface area contributed by atoms with E-state index in [1.54, 1.807) is 19.2 Å². The summed E-state index contributed by atoms with van der Waals surface area (Å²) in [4.78, 5) is 27.0. The number of thioether (sulfide) groups is 1. The van der Waals surface area contributed by atoms with Crippen molar-refractivity contribution in [1.29, 1.82) is 0 Å². The van der Waals surface area contributed by atoms with Crippen LogP contribution in [0.2, 0.25) is 0 Å². The van der Waals surface area contributed by atoms with Gasteiger partial charge < -0.3 is 4.98 Å². The molecule has 0 saturated carbocycles. The molecule has 0 aliphatic rings. The first-order valence-electron chi connectivity index (χ1n) is 9.93. The highest BCUT2D eigenvalue weighted by atomic mass is 32.2. The molecule has 0 unspecified atom stereocenters. The zero-order chi connectivity index (χ0) is 19.6. The van der Waals surface area contributed by atoms with Crippen molar-refractivity contribution in [3.63, 3.8) is 0 Å². The number of ketones is 1. The van der Waals surface area contributed by atoms with Crippen molar-refractivity contribution in [1.82, 2.24) is 4.98 Å².